The molecule has 20 heavy (non-hydrogen) atoms. The first-order valence-corrected chi connectivity index (χ1v) is 8.07. The van der Waals surface area contributed by atoms with E-state index in [4.69, 9.17) is 0 Å². The SMILES string of the molecule is CCCNc1nccc(N2CCc3sccc3C2C)n1. The van der Waals surface area contributed by atoms with Gasteiger partial charge in [-0.25, -0.2) is 4.98 Å². The van der Waals surface area contributed by atoms with Gasteiger partial charge < -0.3 is 10.2 Å². The van der Waals surface area contributed by atoms with Gasteiger partial charge in [-0.3, -0.25) is 0 Å². The van der Waals surface area contributed by atoms with Crippen molar-refractivity contribution in [2.75, 3.05) is 23.3 Å². The summed E-state index contributed by atoms with van der Waals surface area (Å²) in [5, 5.41) is 5.45. The van der Waals surface area contributed by atoms with E-state index in [1.54, 1.807) is 0 Å². The minimum Gasteiger partial charge on any atom is -0.354 e. The lowest BCUT2D eigenvalue weighted by atomic mass is 10.0. The molecule has 0 radical (unpaired) electrons. The summed E-state index contributed by atoms with van der Waals surface area (Å²) >= 11 is 1.87. The highest BCUT2D eigenvalue weighted by molar-refractivity contribution is 7.10. The van der Waals surface area contributed by atoms with Crippen molar-refractivity contribution in [1.82, 2.24) is 9.97 Å². The zero-order valence-electron chi connectivity index (χ0n) is 12.0. The molecule has 5 heteroatoms. The minimum absolute atomic E-state index is 0.388. The Hall–Kier alpha value is -1.62. The third-order valence-corrected chi connectivity index (χ3v) is 4.74. The van der Waals surface area contributed by atoms with Gasteiger partial charge in [-0.15, -0.1) is 11.3 Å². The van der Waals surface area contributed by atoms with Gasteiger partial charge in [0.25, 0.3) is 0 Å². The number of thiophene rings is 1. The highest BCUT2D eigenvalue weighted by Crippen LogP contribution is 2.35. The molecule has 0 saturated carbocycles. The Kier molecular flexibility index (Phi) is 3.87. The van der Waals surface area contributed by atoms with Gasteiger partial charge in [0.05, 0.1) is 6.04 Å². The fourth-order valence-corrected chi connectivity index (χ4v) is 3.62. The highest BCUT2D eigenvalue weighted by Gasteiger charge is 2.25. The van der Waals surface area contributed by atoms with Crippen LogP contribution in [0.1, 0.15) is 36.8 Å². The number of rotatable bonds is 4. The Morgan fingerprint density at radius 1 is 1.45 bits per heavy atom. The molecule has 0 bridgehead atoms. The fourth-order valence-electron chi connectivity index (χ4n) is 2.65. The molecule has 1 aliphatic rings. The monoisotopic (exact) mass is 288 g/mol. The van der Waals surface area contributed by atoms with Gasteiger partial charge in [0.2, 0.25) is 5.95 Å². The second kappa shape index (κ2) is 5.79. The van der Waals surface area contributed by atoms with Crippen molar-refractivity contribution in [3.63, 3.8) is 0 Å². The van der Waals surface area contributed by atoms with E-state index in [2.05, 4.69) is 45.5 Å². The molecule has 0 fully saturated rings. The molecule has 0 saturated heterocycles. The number of hydrogen-bond donors (Lipinski definition) is 1. The van der Waals surface area contributed by atoms with Crippen LogP contribution < -0.4 is 10.2 Å². The molecule has 4 nitrogen and oxygen atoms in total. The van der Waals surface area contributed by atoms with Crippen LogP contribution in [0, 0.1) is 0 Å². The van der Waals surface area contributed by atoms with E-state index in [1.807, 2.05) is 23.6 Å². The molecule has 2 aromatic rings. The topological polar surface area (TPSA) is 41.1 Å². The van der Waals surface area contributed by atoms with E-state index in [1.165, 1.54) is 10.4 Å². The molecule has 106 valence electrons. The molecule has 0 aromatic carbocycles. The maximum atomic E-state index is 4.65. The summed E-state index contributed by atoms with van der Waals surface area (Å²) in [6, 6.07) is 4.64. The van der Waals surface area contributed by atoms with E-state index < -0.39 is 0 Å². The molecule has 0 aliphatic carbocycles. The number of fused-ring (bicyclic) bond motifs is 1. The molecule has 3 rings (SSSR count). The van der Waals surface area contributed by atoms with Gasteiger partial charge in [-0.1, -0.05) is 6.92 Å². The third-order valence-electron chi connectivity index (χ3n) is 3.75. The van der Waals surface area contributed by atoms with Gasteiger partial charge in [0, 0.05) is 24.2 Å². The first kappa shape index (κ1) is 13.4. The summed E-state index contributed by atoms with van der Waals surface area (Å²) in [7, 11) is 0. The van der Waals surface area contributed by atoms with Crippen LogP contribution in [-0.2, 0) is 6.42 Å². The maximum absolute atomic E-state index is 4.65. The predicted molar refractivity (Wildman–Crippen MR) is 84.6 cm³/mol. The zero-order chi connectivity index (χ0) is 13.9. The predicted octanol–water partition coefficient (Wildman–Crippen LogP) is 3.48. The van der Waals surface area contributed by atoms with Gasteiger partial charge in [-0.2, -0.15) is 4.98 Å². The molecule has 0 spiro atoms. The Bertz CT molecular complexity index is 581. The second-order valence-corrected chi connectivity index (χ2v) is 6.08. The smallest absolute Gasteiger partial charge is 0.224 e. The standard InChI is InChI=1S/C15H20N4S/c1-3-7-16-15-17-8-4-14(18-15)19-9-5-13-12(11(19)2)6-10-20-13/h4,6,8,10-11H,3,5,7,9H2,1-2H3,(H,16,17,18). The second-order valence-electron chi connectivity index (χ2n) is 5.08. The molecule has 0 amide bonds. The van der Waals surface area contributed by atoms with Crippen LogP contribution in [0.5, 0.6) is 0 Å². The summed E-state index contributed by atoms with van der Waals surface area (Å²) in [6.45, 7) is 6.33. The van der Waals surface area contributed by atoms with Crippen LogP contribution >= 0.6 is 11.3 Å². The van der Waals surface area contributed by atoms with Gasteiger partial charge in [-0.05, 0) is 42.8 Å². The Balaban J connectivity index is 1.83. The average Bonchev–Trinajstić information content (AvgIpc) is 2.95. The molecular formula is C15H20N4S. The number of nitrogens with zero attached hydrogens (tertiary/aromatic N) is 3. The maximum Gasteiger partial charge on any atom is 0.224 e. The lowest BCUT2D eigenvalue weighted by Crippen LogP contribution is -2.33. The van der Waals surface area contributed by atoms with Crippen molar-refractivity contribution in [2.24, 2.45) is 0 Å². The average molecular weight is 288 g/mol. The van der Waals surface area contributed by atoms with Crippen LogP contribution in [0.4, 0.5) is 11.8 Å². The van der Waals surface area contributed by atoms with Crippen LogP contribution in [0.2, 0.25) is 0 Å². The summed E-state index contributed by atoms with van der Waals surface area (Å²) in [4.78, 5) is 12.8. The third kappa shape index (κ3) is 2.50. The lowest BCUT2D eigenvalue weighted by Gasteiger charge is -2.34. The van der Waals surface area contributed by atoms with Crippen molar-refractivity contribution < 1.29 is 0 Å². The van der Waals surface area contributed by atoms with Crippen LogP contribution in [0.15, 0.2) is 23.7 Å². The Labute approximate surface area is 123 Å². The van der Waals surface area contributed by atoms with E-state index >= 15 is 0 Å². The van der Waals surface area contributed by atoms with Crippen molar-refractivity contribution in [3.05, 3.63) is 34.2 Å². The normalized spacial score (nSPS) is 17.9. The quantitative estimate of drug-likeness (QED) is 0.935. The molecule has 1 unspecified atom stereocenters. The van der Waals surface area contributed by atoms with Crippen LogP contribution in [-0.4, -0.2) is 23.1 Å². The summed E-state index contributed by atoms with van der Waals surface area (Å²) in [6.07, 6.45) is 4.03. The van der Waals surface area contributed by atoms with Crippen molar-refractivity contribution in [1.29, 1.82) is 0 Å². The largest absolute Gasteiger partial charge is 0.354 e. The number of nitrogens with one attached hydrogen (secondary N) is 1. The Morgan fingerprint density at radius 2 is 2.35 bits per heavy atom. The molecule has 1 aliphatic heterocycles. The summed E-state index contributed by atoms with van der Waals surface area (Å²) < 4.78 is 0. The Morgan fingerprint density at radius 3 is 3.20 bits per heavy atom. The van der Waals surface area contributed by atoms with E-state index in [0.29, 0.717) is 6.04 Å². The van der Waals surface area contributed by atoms with Gasteiger partial charge in [0.15, 0.2) is 0 Å². The molecular weight excluding hydrogens is 268 g/mol. The van der Waals surface area contributed by atoms with Gasteiger partial charge in [0.1, 0.15) is 5.82 Å². The molecule has 1 N–H and O–H groups in total. The fraction of sp³-hybridized carbons (Fsp3) is 0.467. The van der Waals surface area contributed by atoms with Gasteiger partial charge >= 0.3 is 0 Å². The van der Waals surface area contributed by atoms with E-state index in [0.717, 1.165) is 37.7 Å². The first-order valence-electron chi connectivity index (χ1n) is 7.19. The van der Waals surface area contributed by atoms with E-state index in [-0.39, 0.29) is 0 Å². The van der Waals surface area contributed by atoms with Crippen molar-refractivity contribution >= 4 is 23.1 Å². The first-order chi connectivity index (χ1) is 9.79. The molecule has 1 atom stereocenters. The molecule has 3 heterocycles. The lowest BCUT2D eigenvalue weighted by molar-refractivity contribution is 0.624. The summed E-state index contributed by atoms with van der Waals surface area (Å²) in [5.41, 5.74) is 1.45. The zero-order valence-corrected chi connectivity index (χ0v) is 12.8. The summed E-state index contributed by atoms with van der Waals surface area (Å²) in [5.74, 6) is 1.75. The highest BCUT2D eigenvalue weighted by atomic mass is 32.1. The number of aromatic nitrogens is 2. The van der Waals surface area contributed by atoms with E-state index in [9.17, 15) is 0 Å². The number of anilines is 2. The van der Waals surface area contributed by atoms with Crippen LogP contribution in [0.3, 0.4) is 0 Å². The van der Waals surface area contributed by atoms with Crippen molar-refractivity contribution in [2.45, 2.75) is 32.7 Å². The molecule has 2 aromatic heterocycles. The number of hydrogen-bond acceptors (Lipinski definition) is 5. The van der Waals surface area contributed by atoms with Crippen LogP contribution in [0.25, 0.3) is 0 Å². The minimum atomic E-state index is 0.388. The van der Waals surface area contributed by atoms with Crippen molar-refractivity contribution in [3.8, 4) is 0 Å².